The number of rotatable bonds is 1. The summed E-state index contributed by atoms with van der Waals surface area (Å²) in [4.78, 5) is 7.73. The molecule has 0 saturated heterocycles. The number of hydrogen-bond donors (Lipinski definition) is 1. The fourth-order valence-corrected chi connectivity index (χ4v) is 1.42. The van der Waals surface area contributed by atoms with Gasteiger partial charge in [-0.05, 0) is 19.1 Å². The third kappa shape index (κ3) is 1.71. The Balaban J connectivity index is 2.63. The molecule has 0 spiro atoms. The zero-order chi connectivity index (χ0) is 11.7. The Labute approximate surface area is 91.0 Å². The maximum Gasteiger partial charge on any atom is 0.135 e. The van der Waals surface area contributed by atoms with Crippen molar-refractivity contribution in [3.8, 4) is 11.3 Å². The summed E-state index contributed by atoms with van der Waals surface area (Å²) < 4.78 is 26.3. The van der Waals surface area contributed by atoms with Gasteiger partial charge in [-0.1, -0.05) is 0 Å². The smallest absolute Gasteiger partial charge is 0.135 e. The van der Waals surface area contributed by atoms with E-state index < -0.39 is 11.6 Å². The maximum atomic E-state index is 13.5. The van der Waals surface area contributed by atoms with Crippen molar-refractivity contribution in [1.29, 1.82) is 0 Å². The van der Waals surface area contributed by atoms with Crippen LogP contribution in [0.1, 0.15) is 5.56 Å². The largest absolute Gasteiger partial charge is 0.383 e. The van der Waals surface area contributed by atoms with Gasteiger partial charge in [-0.25, -0.2) is 18.7 Å². The summed E-state index contributed by atoms with van der Waals surface area (Å²) in [6, 6.07) is 3.32. The Bertz CT molecular complexity index is 541. The molecule has 0 aliphatic carbocycles. The van der Waals surface area contributed by atoms with Crippen LogP contribution in [0.15, 0.2) is 24.5 Å². The first-order valence-electron chi connectivity index (χ1n) is 4.62. The molecule has 0 amide bonds. The number of hydrogen-bond acceptors (Lipinski definition) is 3. The molecule has 0 aliphatic heterocycles. The zero-order valence-corrected chi connectivity index (χ0v) is 8.54. The van der Waals surface area contributed by atoms with Crippen LogP contribution in [0.25, 0.3) is 11.3 Å². The highest BCUT2D eigenvalue weighted by Crippen LogP contribution is 2.26. The first-order valence-corrected chi connectivity index (χ1v) is 4.62. The van der Waals surface area contributed by atoms with Crippen molar-refractivity contribution in [2.45, 2.75) is 6.92 Å². The lowest BCUT2D eigenvalue weighted by atomic mass is 10.1. The molecule has 0 atom stereocenters. The van der Waals surface area contributed by atoms with E-state index in [0.717, 1.165) is 6.07 Å². The molecule has 16 heavy (non-hydrogen) atoms. The molecule has 0 saturated carbocycles. The number of benzene rings is 1. The third-order valence-electron chi connectivity index (χ3n) is 2.31. The summed E-state index contributed by atoms with van der Waals surface area (Å²) in [7, 11) is 0. The van der Waals surface area contributed by atoms with Gasteiger partial charge >= 0.3 is 0 Å². The predicted molar refractivity (Wildman–Crippen MR) is 56.5 cm³/mol. The van der Waals surface area contributed by atoms with Crippen molar-refractivity contribution in [1.82, 2.24) is 9.97 Å². The number of halogens is 2. The second-order valence-electron chi connectivity index (χ2n) is 3.36. The van der Waals surface area contributed by atoms with Crippen molar-refractivity contribution in [3.05, 3.63) is 41.7 Å². The lowest BCUT2D eigenvalue weighted by Gasteiger charge is -2.07. The molecule has 1 heterocycles. The van der Waals surface area contributed by atoms with Gasteiger partial charge in [0.2, 0.25) is 0 Å². The lowest BCUT2D eigenvalue weighted by Crippen LogP contribution is -1.99. The van der Waals surface area contributed by atoms with Gasteiger partial charge in [0.05, 0.1) is 5.69 Å². The number of nitrogen functional groups attached to an aromatic ring is 1. The number of nitrogens with two attached hydrogens (primary N) is 1. The molecule has 1 aromatic heterocycles. The first kappa shape index (κ1) is 10.5. The average Bonchev–Trinajstić information content (AvgIpc) is 2.23. The molecule has 0 fully saturated rings. The number of nitrogens with zero attached hydrogens (tertiary/aromatic N) is 2. The van der Waals surface area contributed by atoms with Crippen LogP contribution in [0, 0.1) is 18.6 Å². The second-order valence-corrected chi connectivity index (χ2v) is 3.36. The van der Waals surface area contributed by atoms with Crippen LogP contribution in [-0.4, -0.2) is 9.97 Å². The maximum absolute atomic E-state index is 13.5. The molecule has 1 aromatic carbocycles. The highest BCUT2D eigenvalue weighted by atomic mass is 19.1. The molecule has 0 radical (unpaired) electrons. The van der Waals surface area contributed by atoms with Crippen LogP contribution < -0.4 is 5.73 Å². The Morgan fingerprint density at radius 2 is 1.94 bits per heavy atom. The van der Waals surface area contributed by atoms with Crippen molar-refractivity contribution >= 4 is 5.82 Å². The molecule has 82 valence electrons. The first-order chi connectivity index (χ1) is 7.59. The monoisotopic (exact) mass is 221 g/mol. The van der Waals surface area contributed by atoms with Crippen molar-refractivity contribution < 1.29 is 8.78 Å². The van der Waals surface area contributed by atoms with E-state index in [9.17, 15) is 8.78 Å². The van der Waals surface area contributed by atoms with Crippen molar-refractivity contribution in [3.63, 3.8) is 0 Å². The standard InChI is InChI=1S/C11H9F2N3/c1-6-10(15-5-16-11(6)14)8-3-2-7(12)4-9(8)13/h2-5H,1H3,(H2,14,15,16). The van der Waals surface area contributed by atoms with Crippen LogP contribution >= 0.6 is 0 Å². The molecule has 2 N–H and O–H groups in total. The topological polar surface area (TPSA) is 51.8 Å². The summed E-state index contributed by atoms with van der Waals surface area (Å²) in [6.07, 6.45) is 1.25. The van der Waals surface area contributed by atoms with E-state index >= 15 is 0 Å². The van der Waals surface area contributed by atoms with Crippen LogP contribution in [0.5, 0.6) is 0 Å². The Morgan fingerprint density at radius 1 is 1.19 bits per heavy atom. The minimum absolute atomic E-state index is 0.216. The predicted octanol–water partition coefficient (Wildman–Crippen LogP) is 2.31. The number of aromatic nitrogens is 2. The molecule has 2 aromatic rings. The van der Waals surface area contributed by atoms with E-state index in [1.54, 1.807) is 6.92 Å². The SMILES string of the molecule is Cc1c(N)ncnc1-c1ccc(F)cc1F. The summed E-state index contributed by atoms with van der Waals surface area (Å²) >= 11 is 0. The summed E-state index contributed by atoms with van der Waals surface area (Å²) in [5.74, 6) is -1.00. The molecular weight excluding hydrogens is 212 g/mol. The van der Waals surface area contributed by atoms with Crippen LogP contribution in [0.4, 0.5) is 14.6 Å². The van der Waals surface area contributed by atoms with Gasteiger partial charge in [0, 0.05) is 17.2 Å². The van der Waals surface area contributed by atoms with E-state index in [-0.39, 0.29) is 11.4 Å². The van der Waals surface area contributed by atoms with Gasteiger partial charge < -0.3 is 5.73 Å². The Kier molecular flexibility index (Phi) is 2.52. The normalized spacial score (nSPS) is 10.4. The van der Waals surface area contributed by atoms with E-state index in [2.05, 4.69) is 9.97 Å². The highest BCUT2D eigenvalue weighted by molar-refractivity contribution is 5.67. The Morgan fingerprint density at radius 3 is 2.62 bits per heavy atom. The van der Waals surface area contributed by atoms with Crippen molar-refractivity contribution in [2.75, 3.05) is 5.73 Å². The van der Waals surface area contributed by atoms with E-state index in [1.165, 1.54) is 18.5 Å². The van der Waals surface area contributed by atoms with Gasteiger partial charge in [0.1, 0.15) is 23.8 Å². The van der Waals surface area contributed by atoms with Gasteiger partial charge in [-0.3, -0.25) is 0 Å². The quantitative estimate of drug-likeness (QED) is 0.803. The molecule has 5 heteroatoms. The summed E-state index contributed by atoms with van der Waals surface area (Å²) in [5, 5.41) is 0. The lowest BCUT2D eigenvalue weighted by molar-refractivity contribution is 0.585. The van der Waals surface area contributed by atoms with Gasteiger partial charge in [-0.15, -0.1) is 0 Å². The molecule has 2 rings (SSSR count). The number of anilines is 1. The molecule has 0 bridgehead atoms. The van der Waals surface area contributed by atoms with Gasteiger partial charge in [0.15, 0.2) is 0 Å². The van der Waals surface area contributed by atoms with Crippen LogP contribution in [0.3, 0.4) is 0 Å². The zero-order valence-electron chi connectivity index (χ0n) is 8.54. The van der Waals surface area contributed by atoms with Gasteiger partial charge in [-0.2, -0.15) is 0 Å². The molecular formula is C11H9F2N3. The fourth-order valence-electron chi connectivity index (χ4n) is 1.42. The van der Waals surface area contributed by atoms with E-state index in [4.69, 9.17) is 5.73 Å². The third-order valence-corrected chi connectivity index (χ3v) is 2.31. The summed E-state index contributed by atoms with van der Waals surface area (Å²) in [5.41, 5.74) is 6.76. The minimum atomic E-state index is -0.666. The molecule has 0 aliphatic rings. The van der Waals surface area contributed by atoms with Gasteiger partial charge in [0.25, 0.3) is 0 Å². The van der Waals surface area contributed by atoms with E-state index in [1.807, 2.05) is 0 Å². The van der Waals surface area contributed by atoms with Crippen LogP contribution in [0.2, 0.25) is 0 Å². The average molecular weight is 221 g/mol. The highest BCUT2D eigenvalue weighted by Gasteiger charge is 2.11. The molecule has 3 nitrogen and oxygen atoms in total. The molecule has 0 unspecified atom stereocenters. The second kappa shape index (κ2) is 3.84. The summed E-state index contributed by atoms with van der Waals surface area (Å²) in [6.45, 7) is 1.69. The van der Waals surface area contributed by atoms with Crippen molar-refractivity contribution in [2.24, 2.45) is 0 Å². The minimum Gasteiger partial charge on any atom is -0.383 e. The fraction of sp³-hybridized carbons (Fsp3) is 0.0909. The van der Waals surface area contributed by atoms with E-state index in [0.29, 0.717) is 11.3 Å². The van der Waals surface area contributed by atoms with Crippen LogP contribution in [-0.2, 0) is 0 Å². The Hall–Kier alpha value is -2.04.